The number of aromatic amines is 1. The van der Waals surface area contributed by atoms with Crippen molar-refractivity contribution in [2.45, 2.75) is 13.0 Å². The third kappa shape index (κ3) is 3.19. The van der Waals surface area contributed by atoms with Crippen molar-refractivity contribution in [3.8, 4) is 11.5 Å². The molecule has 0 saturated carbocycles. The van der Waals surface area contributed by atoms with Crippen LogP contribution in [0.3, 0.4) is 0 Å². The Kier molecular flexibility index (Phi) is 3.81. The average molecular weight is 285 g/mol. The zero-order chi connectivity index (χ0) is 14.5. The molecule has 0 bridgehead atoms. The molecule has 0 aliphatic rings. The van der Waals surface area contributed by atoms with Crippen molar-refractivity contribution in [3.63, 3.8) is 0 Å². The number of carbonyl (C=O) groups is 1. The lowest BCUT2D eigenvalue weighted by atomic mass is 10.3. The van der Waals surface area contributed by atoms with Gasteiger partial charge in [0.2, 0.25) is 0 Å². The maximum absolute atomic E-state index is 11.9. The Hall–Kier alpha value is -2.83. The van der Waals surface area contributed by atoms with Crippen molar-refractivity contribution in [2.24, 2.45) is 0 Å². The second-order valence-electron chi connectivity index (χ2n) is 4.52. The van der Waals surface area contributed by atoms with E-state index in [0.29, 0.717) is 23.7 Å². The fourth-order valence-electron chi connectivity index (χ4n) is 1.96. The highest BCUT2D eigenvalue weighted by Gasteiger charge is 2.11. The zero-order valence-corrected chi connectivity index (χ0v) is 11.3. The van der Waals surface area contributed by atoms with E-state index in [1.54, 1.807) is 30.7 Å². The molecule has 3 rings (SSSR count). The van der Waals surface area contributed by atoms with Crippen LogP contribution in [0.15, 0.2) is 47.3 Å². The van der Waals surface area contributed by atoms with Crippen molar-refractivity contribution in [1.29, 1.82) is 0 Å². The van der Waals surface area contributed by atoms with Crippen molar-refractivity contribution in [1.82, 2.24) is 25.3 Å². The van der Waals surface area contributed by atoms with Gasteiger partial charge in [0, 0.05) is 31.5 Å². The van der Waals surface area contributed by atoms with Gasteiger partial charge in [-0.25, -0.2) is 0 Å². The lowest BCUT2D eigenvalue weighted by Crippen LogP contribution is -2.25. The molecular weight excluding hydrogens is 270 g/mol. The minimum atomic E-state index is -0.204. The molecule has 0 radical (unpaired) electrons. The van der Waals surface area contributed by atoms with E-state index < -0.39 is 0 Å². The Labute approximate surface area is 121 Å². The Balaban J connectivity index is 1.49. The van der Waals surface area contributed by atoms with Gasteiger partial charge >= 0.3 is 0 Å². The highest BCUT2D eigenvalue weighted by Crippen LogP contribution is 2.17. The van der Waals surface area contributed by atoms with Crippen LogP contribution in [-0.4, -0.2) is 32.4 Å². The van der Waals surface area contributed by atoms with Gasteiger partial charge in [-0.2, -0.15) is 10.2 Å². The van der Waals surface area contributed by atoms with E-state index in [4.69, 9.17) is 4.42 Å². The molecular formula is C14H15N5O2. The summed E-state index contributed by atoms with van der Waals surface area (Å²) in [5.41, 5.74) is 1.03. The minimum absolute atomic E-state index is 0.204. The topological polar surface area (TPSA) is 88.7 Å². The Morgan fingerprint density at radius 3 is 3.14 bits per heavy atom. The van der Waals surface area contributed by atoms with Crippen molar-refractivity contribution in [2.75, 3.05) is 6.54 Å². The summed E-state index contributed by atoms with van der Waals surface area (Å²) in [6.45, 7) is 1.34. The van der Waals surface area contributed by atoms with Crippen molar-refractivity contribution < 1.29 is 9.21 Å². The van der Waals surface area contributed by atoms with E-state index in [0.717, 1.165) is 13.0 Å². The molecule has 3 aromatic rings. The van der Waals surface area contributed by atoms with Gasteiger partial charge in [-0.1, -0.05) is 0 Å². The van der Waals surface area contributed by atoms with Crippen LogP contribution in [0, 0.1) is 0 Å². The van der Waals surface area contributed by atoms with E-state index in [1.807, 2.05) is 16.9 Å². The van der Waals surface area contributed by atoms with Gasteiger partial charge in [-0.05, 0) is 24.6 Å². The summed E-state index contributed by atoms with van der Waals surface area (Å²) in [6, 6.07) is 7.13. The van der Waals surface area contributed by atoms with Gasteiger partial charge in [0.05, 0.1) is 6.26 Å². The molecule has 7 heteroatoms. The third-order valence-corrected chi connectivity index (χ3v) is 3.01. The van der Waals surface area contributed by atoms with E-state index in [-0.39, 0.29) is 5.91 Å². The smallest absolute Gasteiger partial charge is 0.271 e. The number of aromatic nitrogens is 4. The maximum atomic E-state index is 11.9. The molecule has 0 saturated heterocycles. The summed E-state index contributed by atoms with van der Waals surface area (Å²) < 4.78 is 7.07. The molecule has 21 heavy (non-hydrogen) atoms. The van der Waals surface area contributed by atoms with Crippen LogP contribution in [-0.2, 0) is 6.54 Å². The molecule has 0 atom stereocenters. The number of carbonyl (C=O) groups excluding carboxylic acids is 1. The number of hydrogen-bond acceptors (Lipinski definition) is 4. The molecule has 108 valence electrons. The van der Waals surface area contributed by atoms with Crippen LogP contribution in [0.5, 0.6) is 0 Å². The van der Waals surface area contributed by atoms with Gasteiger partial charge in [-0.15, -0.1) is 0 Å². The fourth-order valence-corrected chi connectivity index (χ4v) is 1.96. The Morgan fingerprint density at radius 1 is 1.43 bits per heavy atom. The Bertz CT molecular complexity index is 685. The van der Waals surface area contributed by atoms with E-state index in [2.05, 4.69) is 20.6 Å². The third-order valence-electron chi connectivity index (χ3n) is 3.01. The van der Waals surface area contributed by atoms with Crippen LogP contribution in [0.4, 0.5) is 0 Å². The maximum Gasteiger partial charge on any atom is 0.271 e. The fraction of sp³-hybridized carbons (Fsp3) is 0.214. The van der Waals surface area contributed by atoms with Crippen molar-refractivity contribution in [3.05, 3.63) is 48.6 Å². The van der Waals surface area contributed by atoms with Crippen LogP contribution in [0.1, 0.15) is 16.9 Å². The second kappa shape index (κ2) is 6.08. The first-order valence-electron chi connectivity index (χ1n) is 6.68. The first kappa shape index (κ1) is 13.2. The number of rotatable bonds is 6. The van der Waals surface area contributed by atoms with Gasteiger partial charge in [0.1, 0.15) is 5.69 Å². The summed E-state index contributed by atoms with van der Waals surface area (Å²) in [6.07, 6.45) is 6.01. The molecule has 7 nitrogen and oxygen atoms in total. The van der Waals surface area contributed by atoms with Crippen LogP contribution < -0.4 is 5.32 Å². The summed E-state index contributed by atoms with van der Waals surface area (Å²) >= 11 is 0. The molecule has 3 aromatic heterocycles. The number of aryl methyl sites for hydroxylation is 1. The largest absolute Gasteiger partial charge is 0.463 e. The number of furan rings is 1. The number of nitrogens with zero attached hydrogens (tertiary/aromatic N) is 3. The van der Waals surface area contributed by atoms with Gasteiger partial charge in [0.15, 0.2) is 11.5 Å². The first-order valence-corrected chi connectivity index (χ1v) is 6.68. The first-order chi connectivity index (χ1) is 10.3. The second-order valence-corrected chi connectivity index (χ2v) is 4.52. The summed E-state index contributed by atoms with van der Waals surface area (Å²) in [5, 5.41) is 13.7. The molecule has 0 aliphatic heterocycles. The van der Waals surface area contributed by atoms with Gasteiger partial charge < -0.3 is 9.73 Å². The highest BCUT2D eigenvalue weighted by atomic mass is 16.3. The monoisotopic (exact) mass is 285 g/mol. The zero-order valence-electron chi connectivity index (χ0n) is 11.3. The number of amides is 1. The predicted molar refractivity (Wildman–Crippen MR) is 75.5 cm³/mol. The predicted octanol–water partition coefficient (Wildman–Crippen LogP) is 1.69. The van der Waals surface area contributed by atoms with Crippen LogP contribution in [0.2, 0.25) is 0 Å². The molecule has 1 amide bonds. The number of H-pyrrole nitrogens is 1. The Morgan fingerprint density at radius 2 is 2.38 bits per heavy atom. The van der Waals surface area contributed by atoms with Crippen LogP contribution in [0.25, 0.3) is 11.5 Å². The molecule has 0 fully saturated rings. The molecule has 0 unspecified atom stereocenters. The van der Waals surface area contributed by atoms with Crippen molar-refractivity contribution >= 4 is 5.91 Å². The average Bonchev–Trinajstić information content (AvgIpc) is 3.25. The quantitative estimate of drug-likeness (QED) is 0.674. The highest BCUT2D eigenvalue weighted by molar-refractivity contribution is 5.93. The molecule has 0 aliphatic carbocycles. The van der Waals surface area contributed by atoms with Crippen LogP contribution >= 0.6 is 0 Å². The van der Waals surface area contributed by atoms with E-state index >= 15 is 0 Å². The standard InChI is InChI=1S/C14H15N5O2/c20-14(15-5-2-7-19-8-3-6-16-19)12-10-11(17-18-12)13-4-1-9-21-13/h1,3-4,6,8-10H,2,5,7H2,(H,15,20)(H,17,18). The van der Waals surface area contributed by atoms with Gasteiger partial charge in [-0.3, -0.25) is 14.6 Å². The number of hydrogen-bond donors (Lipinski definition) is 2. The SMILES string of the molecule is O=C(NCCCn1cccn1)c1cc(-c2ccco2)[nH]n1. The summed E-state index contributed by atoms with van der Waals surface area (Å²) in [5.74, 6) is 0.449. The molecule has 0 spiro atoms. The lowest BCUT2D eigenvalue weighted by molar-refractivity contribution is 0.0947. The number of nitrogens with one attached hydrogen (secondary N) is 2. The molecule has 3 heterocycles. The summed E-state index contributed by atoms with van der Waals surface area (Å²) in [4.78, 5) is 11.9. The molecule has 2 N–H and O–H groups in total. The van der Waals surface area contributed by atoms with E-state index in [1.165, 1.54) is 0 Å². The summed E-state index contributed by atoms with van der Waals surface area (Å²) in [7, 11) is 0. The minimum Gasteiger partial charge on any atom is -0.463 e. The lowest BCUT2D eigenvalue weighted by Gasteiger charge is -2.03. The van der Waals surface area contributed by atoms with Gasteiger partial charge in [0.25, 0.3) is 5.91 Å². The molecule has 0 aromatic carbocycles. The normalized spacial score (nSPS) is 10.7. The van der Waals surface area contributed by atoms with E-state index in [9.17, 15) is 4.79 Å².